The molecule has 2 aromatic carbocycles. The zero-order valence-corrected chi connectivity index (χ0v) is 16.7. The number of alkyl halides is 1. The lowest BCUT2D eigenvalue weighted by Crippen LogP contribution is -2.19. The molecule has 154 valence electrons. The van der Waals surface area contributed by atoms with E-state index in [0.29, 0.717) is 5.56 Å². The summed E-state index contributed by atoms with van der Waals surface area (Å²) in [5.41, 5.74) is 1.68. The summed E-state index contributed by atoms with van der Waals surface area (Å²) >= 11 is 6.61. The summed E-state index contributed by atoms with van der Waals surface area (Å²) < 4.78 is 30.4. The van der Waals surface area contributed by atoms with E-state index in [1.807, 2.05) is 19.2 Å². The van der Waals surface area contributed by atoms with E-state index in [1.54, 1.807) is 6.07 Å². The fourth-order valence-electron chi connectivity index (χ4n) is 4.28. The number of nitrogens with zero attached hydrogens (tertiary/aromatic N) is 2. The maximum absolute atomic E-state index is 15.2. The molecule has 1 N–H and O–H groups in total. The van der Waals surface area contributed by atoms with Crippen molar-refractivity contribution in [3.8, 4) is 11.1 Å². The van der Waals surface area contributed by atoms with E-state index in [-0.39, 0.29) is 27.9 Å². The summed E-state index contributed by atoms with van der Waals surface area (Å²) in [5.74, 6) is -2.17. The highest BCUT2D eigenvalue weighted by Gasteiger charge is 2.40. The van der Waals surface area contributed by atoms with E-state index >= 15 is 4.39 Å². The van der Waals surface area contributed by atoms with Crippen molar-refractivity contribution in [3.63, 3.8) is 0 Å². The van der Waals surface area contributed by atoms with Crippen LogP contribution in [-0.2, 0) is 13.1 Å². The lowest BCUT2D eigenvalue weighted by molar-refractivity contribution is 0.0694. The molecule has 5 nitrogen and oxygen atoms in total. The lowest BCUT2D eigenvalue weighted by atomic mass is 9.98. The van der Waals surface area contributed by atoms with E-state index in [0.717, 1.165) is 36.5 Å². The number of carboxylic acid groups (broad SMARTS) is 1. The Labute approximate surface area is 175 Å². The minimum atomic E-state index is -1.45. The Hall–Kier alpha value is -2.77. The highest BCUT2D eigenvalue weighted by molar-refractivity contribution is 6.38. The van der Waals surface area contributed by atoms with Crippen molar-refractivity contribution in [3.05, 3.63) is 68.2 Å². The standard InChI is InChI=1S/C22H17ClF2N2O3/c1-26-7-11-3-2-10(4-12(11)8-26)18-16(25)5-13-20(19(18)23)27(17-6-15(17)24)9-14(21(13)28)22(29)30/h2-5,9,15,17H,6-8H2,1H3,(H,29,30). The van der Waals surface area contributed by atoms with Crippen LogP contribution in [0.5, 0.6) is 0 Å². The second kappa shape index (κ2) is 6.62. The van der Waals surface area contributed by atoms with Crippen LogP contribution < -0.4 is 5.43 Å². The van der Waals surface area contributed by atoms with Gasteiger partial charge >= 0.3 is 5.97 Å². The molecule has 2 atom stereocenters. The van der Waals surface area contributed by atoms with Gasteiger partial charge in [0.15, 0.2) is 0 Å². The van der Waals surface area contributed by atoms with Crippen molar-refractivity contribution in [2.75, 3.05) is 7.05 Å². The third-order valence-electron chi connectivity index (χ3n) is 5.85. The first-order valence-electron chi connectivity index (χ1n) is 9.51. The summed E-state index contributed by atoms with van der Waals surface area (Å²) in [4.78, 5) is 26.3. The van der Waals surface area contributed by atoms with Crippen molar-refractivity contribution in [2.45, 2.75) is 31.7 Å². The summed E-state index contributed by atoms with van der Waals surface area (Å²) in [6.45, 7) is 1.54. The largest absolute Gasteiger partial charge is 0.477 e. The molecule has 3 aromatic rings. The van der Waals surface area contributed by atoms with Gasteiger partial charge in [-0.05, 0) is 35.9 Å². The molecule has 2 unspecified atom stereocenters. The minimum Gasteiger partial charge on any atom is -0.477 e. The van der Waals surface area contributed by atoms with Crippen LogP contribution in [-0.4, -0.2) is 33.8 Å². The maximum atomic E-state index is 15.2. The van der Waals surface area contributed by atoms with Crippen LogP contribution in [0.2, 0.25) is 5.02 Å². The third-order valence-corrected chi connectivity index (χ3v) is 6.22. The summed E-state index contributed by atoms with van der Waals surface area (Å²) in [5, 5.41) is 9.17. The van der Waals surface area contributed by atoms with Crippen LogP contribution in [0, 0.1) is 5.82 Å². The molecule has 1 aliphatic carbocycles. The van der Waals surface area contributed by atoms with Crippen LogP contribution in [0.4, 0.5) is 8.78 Å². The Bertz CT molecular complexity index is 1300. The number of carbonyl (C=O) groups is 1. The monoisotopic (exact) mass is 430 g/mol. The first kappa shape index (κ1) is 19.2. The number of hydrogen-bond acceptors (Lipinski definition) is 3. The van der Waals surface area contributed by atoms with Gasteiger partial charge in [-0.2, -0.15) is 0 Å². The maximum Gasteiger partial charge on any atom is 0.341 e. The van der Waals surface area contributed by atoms with Gasteiger partial charge in [0.1, 0.15) is 17.6 Å². The van der Waals surface area contributed by atoms with Crippen molar-refractivity contribution < 1.29 is 18.7 Å². The van der Waals surface area contributed by atoms with Gasteiger partial charge in [-0.15, -0.1) is 0 Å². The molecule has 30 heavy (non-hydrogen) atoms. The first-order chi connectivity index (χ1) is 14.3. The number of hydrogen-bond donors (Lipinski definition) is 1. The summed E-state index contributed by atoms with van der Waals surface area (Å²) in [6.07, 6.45) is 0.130. The van der Waals surface area contributed by atoms with Gasteiger partial charge in [0, 0.05) is 31.3 Å². The second-order valence-electron chi connectivity index (χ2n) is 8.00. The fourth-order valence-corrected chi connectivity index (χ4v) is 4.68. The Morgan fingerprint density at radius 1 is 1.23 bits per heavy atom. The van der Waals surface area contributed by atoms with Crippen LogP contribution in [0.3, 0.4) is 0 Å². The Kier molecular flexibility index (Phi) is 4.24. The lowest BCUT2D eigenvalue weighted by Gasteiger charge is -2.16. The number of pyridine rings is 1. The molecule has 0 bridgehead atoms. The molecule has 0 saturated heterocycles. The van der Waals surface area contributed by atoms with E-state index in [1.165, 1.54) is 4.57 Å². The predicted octanol–water partition coefficient (Wildman–Crippen LogP) is 4.39. The molecule has 1 aliphatic heterocycles. The molecule has 1 fully saturated rings. The molecular weight excluding hydrogens is 414 g/mol. The van der Waals surface area contributed by atoms with Gasteiger partial charge in [-0.25, -0.2) is 13.6 Å². The first-order valence-corrected chi connectivity index (χ1v) is 9.89. The number of carboxylic acids is 1. The van der Waals surface area contributed by atoms with Crippen molar-refractivity contribution >= 4 is 28.5 Å². The zero-order valence-electron chi connectivity index (χ0n) is 16.0. The van der Waals surface area contributed by atoms with Crippen LogP contribution in [0.25, 0.3) is 22.0 Å². The molecule has 5 rings (SSSR count). The summed E-state index contributed by atoms with van der Waals surface area (Å²) in [6, 6.07) is 5.95. The van der Waals surface area contributed by atoms with Crippen LogP contribution in [0.1, 0.15) is 33.9 Å². The SMILES string of the molecule is CN1Cc2ccc(-c3c(F)cc4c(=O)c(C(=O)O)cn(C5CC5F)c4c3Cl)cc2C1. The predicted molar refractivity (Wildman–Crippen MR) is 109 cm³/mol. The zero-order chi connectivity index (χ0) is 21.3. The second-order valence-corrected chi connectivity index (χ2v) is 8.38. The fraction of sp³-hybridized carbons (Fsp3) is 0.273. The quantitative estimate of drug-likeness (QED) is 0.669. The van der Waals surface area contributed by atoms with Crippen molar-refractivity contribution in [2.24, 2.45) is 0 Å². The van der Waals surface area contributed by atoms with Crippen molar-refractivity contribution in [1.29, 1.82) is 0 Å². The molecule has 1 saturated carbocycles. The minimum absolute atomic E-state index is 0.0237. The van der Waals surface area contributed by atoms with E-state index in [4.69, 9.17) is 11.6 Å². The molecule has 0 radical (unpaired) electrons. The molecule has 0 amide bonds. The Morgan fingerprint density at radius 3 is 2.60 bits per heavy atom. The highest BCUT2D eigenvalue weighted by atomic mass is 35.5. The number of fused-ring (bicyclic) bond motifs is 2. The van der Waals surface area contributed by atoms with Crippen LogP contribution >= 0.6 is 11.6 Å². The molecule has 8 heteroatoms. The molecule has 1 aromatic heterocycles. The third kappa shape index (κ3) is 2.84. The average molecular weight is 431 g/mol. The molecule has 0 spiro atoms. The van der Waals surface area contributed by atoms with Crippen molar-refractivity contribution in [1.82, 2.24) is 9.47 Å². The number of aromatic carboxylic acids is 1. The Balaban J connectivity index is 1.80. The highest BCUT2D eigenvalue weighted by Crippen LogP contribution is 2.44. The smallest absolute Gasteiger partial charge is 0.341 e. The summed E-state index contributed by atoms with van der Waals surface area (Å²) in [7, 11) is 1.99. The van der Waals surface area contributed by atoms with Gasteiger partial charge in [-0.1, -0.05) is 23.7 Å². The Morgan fingerprint density at radius 2 is 1.93 bits per heavy atom. The van der Waals surface area contributed by atoms with E-state index < -0.39 is 35.0 Å². The molecule has 2 heterocycles. The van der Waals surface area contributed by atoms with Gasteiger partial charge in [0.05, 0.1) is 22.0 Å². The number of aromatic nitrogens is 1. The van der Waals surface area contributed by atoms with Gasteiger partial charge in [0.25, 0.3) is 0 Å². The van der Waals surface area contributed by atoms with Gasteiger partial charge < -0.3 is 9.67 Å². The molecule has 2 aliphatic rings. The number of halogens is 3. The van der Waals surface area contributed by atoms with E-state index in [2.05, 4.69) is 4.90 Å². The number of rotatable bonds is 3. The molecular formula is C22H17ClF2N2O3. The normalized spacial score (nSPS) is 20.5. The van der Waals surface area contributed by atoms with Crippen LogP contribution in [0.15, 0.2) is 35.3 Å². The average Bonchev–Trinajstić information content (AvgIpc) is 3.28. The van der Waals surface area contributed by atoms with Gasteiger partial charge in [0.2, 0.25) is 5.43 Å². The number of benzene rings is 2. The van der Waals surface area contributed by atoms with E-state index in [9.17, 15) is 19.1 Å². The van der Waals surface area contributed by atoms with Gasteiger partial charge in [-0.3, -0.25) is 9.69 Å². The topological polar surface area (TPSA) is 62.5 Å².